The van der Waals surface area contributed by atoms with Crippen molar-refractivity contribution in [3.05, 3.63) is 62.4 Å². The predicted octanol–water partition coefficient (Wildman–Crippen LogP) is 3.63. The summed E-state index contributed by atoms with van der Waals surface area (Å²) in [4.78, 5) is 10.0. The lowest BCUT2D eigenvalue weighted by atomic mass is 10.2. The van der Waals surface area contributed by atoms with Crippen LogP contribution in [0.15, 0.2) is 45.8 Å². The molecule has 0 unspecified atom stereocenters. The third kappa shape index (κ3) is 3.35. The van der Waals surface area contributed by atoms with Crippen molar-refractivity contribution in [2.24, 2.45) is 0 Å². The lowest BCUT2D eigenvalue weighted by molar-refractivity contribution is -0.385. The zero-order chi connectivity index (χ0) is 17.4. The number of halogens is 2. The number of anilines is 1. The van der Waals surface area contributed by atoms with Crippen molar-refractivity contribution in [1.29, 1.82) is 0 Å². The Morgan fingerprint density at radius 3 is 2.43 bits per heavy atom. The van der Waals surface area contributed by atoms with Crippen molar-refractivity contribution < 1.29 is 17.7 Å². The highest BCUT2D eigenvalue weighted by Gasteiger charge is 2.26. The summed E-state index contributed by atoms with van der Waals surface area (Å²) in [6, 6.07) is 7.51. The van der Waals surface area contributed by atoms with Gasteiger partial charge in [0.15, 0.2) is 0 Å². The Bertz CT molecular complexity index is 886. The van der Waals surface area contributed by atoms with Gasteiger partial charge in [0.25, 0.3) is 15.7 Å². The summed E-state index contributed by atoms with van der Waals surface area (Å²) >= 11 is 3.09. The van der Waals surface area contributed by atoms with Gasteiger partial charge < -0.3 is 0 Å². The highest BCUT2D eigenvalue weighted by molar-refractivity contribution is 9.10. The van der Waals surface area contributed by atoms with E-state index < -0.39 is 20.8 Å². The fourth-order valence-corrected chi connectivity index (χ4v) is 3.53. The Hall–Kier alpha value is -2.00. The Labute approximate surface area is 140 Å². The molecule has 2 aromatic rings. The fourth-order valence-electron chi connectivity index (χ4n) is 1.97. The molecule has 0 spiro atoms. The van der Waals surface area contributed by atoms with Gasteiger partial charge in [-0.2, -0.15) is 0 Å². The highest BCUT2D eigenvalue weighted by atomic mass is 79.9. The molecule has 23 heavy (non-hydrogen) atoms. The number of aryl methyl sites for hydroxylation is 1. The summed E-state index contributed by atoms with van der Waals surface area (Å²) in [6.45, 7) is 1.51. The van der Waals surface area contributed by atoms with Crippen molar-refractivity contribution >= 4 is 37.3 Å². The summed E-state index contributed by atoms with van der Waals surface area (Å²) in [7, 11) is -2.94. The Kier molecular flexibility index (Phi) is 4.71. The summed E-state index contributed by atoms with van der Waals surface area (Å²) in [5.41, 5.74) is -0.126. The monoisotopic (exact) mass is 402 g/mol. The maximum Gasteiger partial charge on any atom is 0.273 e. The number of rotatable bonds is 4. The minimum atomic E-state index is -4.13. The van der Waals surface area contributed by atoms with Crippen LogP contribution in [0.1, 0.15) is 5.56 Å². The van der Waals surface area contributed by atoms with Crippen molar-refractivity contribution in [2.45, 2.75) is 11.8 Å². The Balaban J connectivity index is 2.53. The molecule has 0 aliphatic heterocycles. The van der Waals surface area contributed by atoms with Gasteiger partial charge in [0, 0.05) is 23.2 Å². The second kappa shape index (κ2) is 6.25. The van der Waals surface area contributed by atoms with Crippen LogP contribution in [0.2, 0.25) is 0 Å². The topological polar surface area (TPSA) is 80.5 Å². The normalized spacial score (nSPS) is 11.3. The molecule has 0 aliphatic rings. The van der Waals surface area contributed by atoms with Gasteiger partial charge >= 0.3 is 0 Å². The molecule has 2 rings (SSSR count). The van der Waals surface area contributed by atoms with Crippen LogP contribution in [-0.4, -0.2) is 20.4 Å². The van der Waals surface area contributed by atoms with Crippen LogP contribution in [0.3, 0.4) is 0 Å². The highest BCUT2D eigenvalue weighted by Crippen LogP contribution is 2.29. The van der Waals surface area contributed by atoms with Gasteiger partial charge in [-0.15, -0.1) is 0 Å². The first kappa shape index (κ1) is 17.4. The van der Waals surface area contributed by atoms with Gasteiger partial charge in [0.2, 0.25) is 0 Å². The van der Waals surface area contributed by atoms with Crippen LogP contribution in [0.25, 0.3) is 0 Å². The van der Waals surface area contributed by atoms with Crippen LogP contribution >= 0.6 is 15.9 Å². The maximum atomic E-state index is 14.0. The Morgan fingerprint density at radius 1 is 1.22 bits per heavy atom. The zero-order valence-electron chi connectivity index (χ0n) is 12.2. The SMILES string of the molecule is Cc1ccc(S(=O)(=O)N(C)c2ccc(Br)cc2F)cc1[N+](=O)[O-]. The van der Waals surface area contributed by atoms with E-state index in [0.29, 0.717) is 10.0 Å². The number of nitro benzene ring substituents is 1. The summed E-state index contributed by atoms with van der Waals surface area (Å²) in [5, 5.41) is 11.0. The molecule has 0 fully saturated rings. The van der Waals surface area contributed by atoms with Crippen molar-refractivity contribution in [2.75, 3.05) is 11.4 Å². The molecule has 0 aromatic heterocycles. The van der Waals surface area contributed by atoms with Crippen LogP contribution in [-0.2, 0) is 10.0 Å². The van der Waals surface area contributed by atoms with E-state index in [2.05, 4.69) is 15.9 Å². The lowest BCUT2D eigenvalue weighted by Gasteiger charge is -2.20. The van der Waals surface area contributed by atoms with E-state index in [0.717, 1.165) is 16.4 Å². The first-order chi connectivity index (χ1) is 10.6. The smallest absolute Gasteiger partial charge is 0.266 e. The molecule has 0 atom stereocenters. The van der Waals surface area contributed by atoms with Gasteiger partial charge in [-0.25, -0.2) is 12.8 Å². The average Bonchev–Trinajstić information content (AvgIpc) is 2.46. The van der Waals surface area contributed by atoms with Crippen molar-refractivity contribution in [3.63, 3.8) is 0 Å². The van der Waals surface area contributed by atoms with Gasteiger partial charge in [-0.1, -0.05) is 22.0 Å². The first-order valence-corrected chi connectivity index (χ1v) is 8.57. The van der Waals surface area contributed by atoms with E-state index in [1.165, 1.54) is 38.2 Å². The second-order valence-electron chi connectivity index (χ2n) is 4.77. The third-order valence-corrected chi connectivity index (χ3v) is 5.55. The minimum absolute atomic E-state index is 0.156. The number of nitrogens with zero attached hydrogens (tertiary/aromatic N) is 2. The van der Waals surface area contributed by atoms with Gasteiger partial charge in [0.1, 0.15) is 5.82 Å². The third-order valence-electron chi connectivity index (χ3n) is 3.28. The molecule has 0 radical (unpaired) electrons. The van der Waals surface area contributed by atoms with Gasteiger partial charge in [-0.05, 0) is 31.2 Å². The molecule has 0 saturated carbocycles. The standard InChI is InChI=1S/C14H12BrFN2O4S/c1-9-3-5-11(8-14(9)18(19)20)23(21,22)17(2)13-6-4-10(15)7-12(13)16/h3-8H,1-2H3. The van der Waals surface area contributed by atoms with E-state index in [1.807, 2.05) is 0 Å². The van der Waals surface area contributed by atoms with E-state index in [9.17, 15) is 22.9 Å². The van der Waals surface area contributed by atoms with Gasteiger partial charge in [0.05, 0.1) is 15.5 Å². The Morgan fingerprint density at radius 2 is 1.87 bits per heavy atom. The van der Waals surface area contributed by atoms with Crippen molar-refractivity contribution in [3.8, 4) is 0 Å². The van der Waals surface area contributed by atoms with Crippen LogP contribution in [0, 0.1) is 22.9 Å². The average molecular weight is 403 g/mol. The molecule has 0 aliphatic carbocycles. The van der Waals surface area contributed by atoms with E-state index in [4.69, 9.17) is 0 Å². The molecule has 2 aromatic carbocycles. The quantitative estimate of drug-likeness (QED) is 0.577. The van der Waals surface area contributed by atoms with E-state index in [1.54, 1.807) is 0 Å². The second-order valence-corrected chi connectivity index (χ2v) is 7.66. The van der Waals surface area contributed by atoms with Crippen molar-refractivity contribution in [1.82, 2.24) is 0 Å². The minimum Gasteiger partial charge on any atom is -0.266 e. The lowest BCUT2D eigenvalue weighted by Crippen LogP contribution is -2.27. The molecule has 0 amide bonds. The number of benzene rings is 2. The summed E-state index contributed by atoms with van der Waals surface area (Å²) in [5.74, 6) is -0.730. The van der Waals surface area contributed by atoms with Crippen LogP contribution in [0.5, 0.6) is 0 Å². The van der Waals surface area contributed by atoms with Gasteiger partial charge in [-0.3, -0.25) is 14.4 Å². The first-order valence-electron chi connectivity index (χ1n) is 6.33. The fraction of sp³-hybridized carbons (Fsp3) is 0.143. The number of hydrogen-bond acceptors (Lipinski definition) is 4. The molecule has 6 nitrogen and oxygen atoms in total. The molecule has 0 heterocycles. The molecule has 9 heteroatoms. The predicted molar refractivity (Wildman–Crippen MR) is 87.5 cm³/mol. The van der Waals surface area contributed by atoms with Crippen LogP contribution in [0.4, 0.5) is 15.8 Å². The molecule has 0 bridgehead atoms. The van der Waals surface area contributed by atoms with E-state index >= 15 is 0 Å². The van der Waals surface area contributed by atoms with E-state index in [-0.39, 0.29) is 16.3 Å². The molecule has 0 N–H and O–H groups in total. The zero-order valence-corrected chi connectivity index (χ0v) is 14.6. The number of hydrogen-bond donors (Lipinski definition) is 0. The summed E-state index contributed by atoms with van der Waals surface area (Å²) in [6.07, 6.45) is 0. The largest absolute Gasteiger partial charge is 0.273 e. The molecule has 122 valence electrons. The molecular weight excluding hydrogens is 391 g/mol. The number of sulfonamides is 1. The van der Waals surface area contributed by atoms with Crippen LogP contribution < -0.4 is 4.31 Å². The maximum absolute atomic E-state index is 14.0. The molecule has 0 saturated heterocycles. The number of nitro groups is 1. The molecular formula is C14H12BrFN2O4S. The summed E-state index contributed by atoms with van der Waals surface area (Å²) < 4.78 is 40.4.